The van der Waals surface area contributed by atoms with Crippen LogP contribution in [-0.2, 0) is 13.6 Å². The minimum atomic E-state index is 0.479. The largest absolute Gasteiger partial charge is 0.328 e. The number of aromatic nitrogens is 4. The van der Waals surface area contributed by atoms with Crippen LogP contribution in [0.5, 0.6) is 0 Å². The fraction of sp³-hybridized carbons (Fsp3) is 0.368. The molecule has 3 aromatic rings. The maximum Gasteiger partial charge on any atom is 0.136 e. The molecule has 0 radical (unpaired) electrons. The summed E-state index contributed by atoms with van der Waals surface area (Å²) in [4.78, 5) is 4.74. The average Bonchev–Trinajstić information content (AvgIpc) is 3.31. The number of halogens is 1. The normalized spacial score (nSPS) is 17.3. The Morgan fingerprint density at radius 1 is 1.28 bits per heavy atom. The van der Waals surface area contributed by atoms with Crippen molar-refractivity contribution in [3.05, 3.63) is 47.5 Å². The molecule has 1 aliphatic rings. The van der Waals surface area contributed by atoms with Crippen LogP contribution in [-0.4, -0.2) is 31.9 Å². The molecular formula is C19H22ClN5. The fourth-order valence-corrected chi connectivity index (χ4v) is 3.90. The highest BCUT2D eigenvalue weighted by Gasteiger charge is 2.24. The van der Waals surface area contributed by atoms with Crippen molar-refractivity contribution in [1.29, 1.82) is 0 Å². The fourth-order valence-electron chi connectivity index (χ4n) is 3.64. The van der Waals surface area contributed by atoms with Crippen LogP contribution in [0.1, 0.15) is 18.5 Å². The van der Waals surface area contributed by atoms with Crippen LogP contribution >= 0.6 is 11.6 Å². The van der Waals surface area contributed by atoms with Crippen LogP contribution in [0.25, 0.3) is 22.5 Å². The van der Waals surface area contributed by atoms with E-state index in [9.17, 15) is 0 Å². The lowest BCUT2D eigenvalue weighted by Gasteiger charge is -2.15. The minimum Gasteiger partial charge on any atom is -0.328 e. The molecule has 25 heavy (non-hydrogen) atoms. The predicted octanol–water partition coefficient (Wildman–Crippen LogP) is 3.66. The van der Waals surface area contributed by atoms with Gasteiger partial charge in [-0.15, -0.1) is 0 Å². The highest BCUT2D eigenvalue weighted by atomic mass is 35.5. The van der Waals surface area contributed by atoms with E-state index >= 15 is 0 Å². The van der Waals surface area contributed by atoms with Crippen molar-refractivity contribution in [2.75, 3.05) is 6.54 Å². The summed E-state index contributed by atoms with van der Waals surface area (Å²) in [7, 11) is 1.88. The number of rotatable bonds is 4. The Kier molecular flexibility index (Phi) is 4.36. The quantitative estimate of drug-likeness (QED) is 0.776. The third-order valence-corrected chi connectivity index (χ3v) is 5.29. The monoisotopic (exact) mass is 355 g/mol. The van der Waals surface area contributed by atoms with Gasteiger partial charge >= 0.3 is 0 Å². The molecular weight excluding hydrogens is 334 g/mol. The van der Waals surface area contributed by atoms with E-state index < -0.39 is 0 Å². The Morgan fingerprint density at radius 3 is 2.72 bits per heavy atom. The second kappa shape index (κ2) is 6.65. The first-order valence-corrected chi connectivity index (χ1v) is 9.06. The van der Waals surface area contributed by atoms with E-state index in [0.717, 1.165) is 41.3 Å². The molecule has 1 aromatic carbocycles. The first kappa shape index (κ1) is 16.4. The smallest absolute Gasteiger partial charge is 0.136 e. The van der Waals surface area contributed by atoms with Gasteiger partial charge in [-0.25, -0.2) is 4.98 Å². The standard InChI is InChI=1S/C19H22ClN5/c1-13-16(19(20)24(2)23-13)18-17(14-7-4-3-5-8-14)22-12-25(18)11-15-9-6-10-21-15/h3-5,7-8,12,15,21H,6,9-11H2,1-2H3/t15-/m1/s1. The summed E-state index contributed by atoms with van der Waals surface area (Å²) < 4.78 is 3.95. The minimum absolute atomic E-state index is 0.479. The van der Waals surface area contributed by atoms with Gasteiger partial charge in [0, 0.05) is 25.2 Å². The summed E-state index contributed by atoms with van der Waals surface area (Å²) in [5.41, 5.74) is 4.99. The SMILES string of the molecule is Cc1nn(C)c(Cl)c1-c1c(-c2ccccc2)ncn1C[C@H]1CCCN1. The van der Waals surface area contributed by atoms with E-state index in [4.69, 9.17) is 16.6 Å². The van der Waals surface area contributed by atoms with Crippen LogP contribution in [0, 0.1) is 6.92 Å². The summed E-state index contributed by atoms with van der Waals surface area (Å²) in [6.07, 6.45) is 4.35. The summed E-state index contributed by atoms with van der Waals surface area (Å²) in [5, 5.41) is 8.72. The molecule has 3 heterocycles. The topological polar surface area (TPSA) is 47.7 Å². The number of imidazole rings is 1. The molecule has 4 rings (SSSR count). The maximum absolute atomic E-state index is 6.60. The van der Waals surface area contributed by atoms with E-state index in [0.29, 0.717) is 11.2 Å². The van der Waals surface area contributed by atoms with E-state index in [-0.39, 0.29) is 0 Å². The lowest BCUT2D eigenvalue weighted by molar-refractivity contribution is 0.512. The van der Waals surface area contributed by atoms with Crippen LogP contribution in [0.2, 0.25) is 5.15 Å². The van der Waals surface area contributed by atoms with Gasteiger partial charge in [0.15, 0.2) is 0 Å². The molecule has 2 aromatic heterocycles. The highest BCUT2D eigenvalue weighted by Crippen LogP contribution is 2.37. The predicted molar refractivity (Wildman–Crippen MR) is 101 cm³/mol. The van der Waals surface area contributed by atoms with Gasteiger partial charge in [0.2, 0.25) is 0 Å². The number of benzene rings is 1. The zero-order valence-corrected chi connectivity index (χ0v) is 15.3. The molecule has 0 amide bonds. The zero-order valence-electron chi connectivity index (χ0n) is 14.5. The average molecular weight is 356 g/mol. The number of hydrogen-bond donors (Lipinski definition) is 1. The third kappa shape index (κ3) is 2.98. The van der Waals surface area contributed by atoms with Crippen molar-refractivity contribution < 1.29 is 0 Å². The summed E-state index contributed by atoms with van der Waals surface area (Å²) in [6.45, 7) is 3.98. The van der Waals surface area contributed by atoms with E-state index in [1.807, 2.05) is 38.5 Å². The molecule has 0 aliphatic carbocycles. The summed E-state index contributed by atoms with van der Waals surface area (Å²) in [5.74, 6) is 0. The van der Waals surface area contributed by atoms with Gasteiger partial charge in [0.25, 0.3) is 0 Å². The Balaban J connectivity index is 1.87. The molecule has 1 aliphatic heterocycles. The van der Waals surface area contributed by atoms with Gasteiger partial charge in [-0.05, 0) is 26.3 Å². The molecule has 130 valence electrons. The van der Waals surface area contributed by atoms with Gasteiger partial charge < -0.3 is 9.88 Å². The molecule has 1 N–H and O–H groups in total. The second-order valence-electron chi connectivity index (χ2n) is 6.63. The Morgan fingerprint density at radius 2 is 2.08 bits per heavy atom. The van der Waals surface area contributed by atoms with Crippen molar-refractivity contribution in [1.82, 2.24) is 24.6 Å². The lowest BCUT2D eigenvalue weighted by Crippen LogP contribution is -2.26. The molecule has 0 bridgehead atoms. The first-order chi connectivity index (χ1) is 12.1. The van der Waals surface area contributed by atoms with Crippen molar-refractivity contribution >= 4 is 11.6 Å². The summed E-state index contributed by atoms with van der Waals surface area (Å²) >= 11 is 6.60. The molecule has 0 saturated carbocycles. The zero-order chi connectivity index (χ0) is 17.4. The van der Waals surface area contributed by atoms with Crippen LogP contribution in [0.15, 0.2) is 36.7 Å². The first-order valence-electron chi connectivity index (χ1n) is 8.68. The highest BCUT2D eigenvalue weighted by molar-refractivity contribution is 6.32. The molecule has 6 heteroatoms. The molecule has 0 unspecified atom stereocenters. The van der Waals surface area contributed by atoms with Crippen molar-refractivity contribution in [2.24, 2.45) is 7.05 Å². The number of nitrogens with one attached hydrogen (secondary N) is 1. The number of hydrogen-bond acceptors (Lipinski definition) is 3. The Bertz CT molecular complexity index is 875. The van der Waals surface area contributed by atoms with Gasteiger partial charge in [0.1, 0.15) is 5.15 Å². The van der Waals surface area contributed by atoms with Crippen LogP contribution in [0.3, 0.4) is 0 Å². The van der Waals surface area contributed by atoms with Gasteiger partial charge in [-0.3, -0.25) is 4.68 Å². The molecule has 5 nitrogen and oxygen atoms in total. The van der Waals surface area contributed by atoms with Gasteiger partial charge in [-0.1, -0.05) is 41.9 Å². The van der Waals surface area contributed by atoms with Gasteiger partial charge in [0.05, 0.1) is 29.0 Å². The Labute approximate surface area is 152 Å². The number of aryl methyl sites for hydroxylation is 2. The van der Waals surface area contributed by atoms with Gasteiger partial charge in [-0.2, -0.15) is 5.10 Å². The number of nitrogens with zero attached hydrogens (tertiary/aromatic N) is 4. The molecule has 1 atom stereocenters. The van der Waals surface area contributed by atoms with Crippen LogP contribution < -0.4 is 5.32 Å². The van der Waals surface area contributed by atoms with Crippen molar-refractivity contribution in [3.8, 4) is 22.5 Å². The Hall–Kier alpha value is -2.11. The van der Waals surface area contributed by atoms with E-state index in [2.05, 4.69) is 27.1 Å². The second-order valence-corrected chi connectivity index (χ2v) is 6.99. The lowest BCUT2D eigenvalue weighted by atomic mass is 10.1. The van der Waals surface area contributed by atoms with E-state index in [1.165, 1.54) is 12.8 Å². The maximum atomic E-state index is 6.60. The van der Waals surface area contributed by atoms with Crippen molar-refractivity contribution in [2.45, 2.75) is 32.4 Å². The van der Waals surface area contributed by atoms with Crippen molar-refractivity contribution in [3.63, 3.8) is 0 Å². The van der Waals surface area contributed by atoms with E-state index in [1.54, 1.807) is 4.68 Å². The molecule has 0 spiro atoms. The third-order valence-electron chi connectivity index (χ3n) is 4.85. The molecule has 1 fully saturated rings. The van der Waals surface area contributed by atoms with Crippen LogP contribution in [0.4, 0.5) is 0 Å². The summed E-state index contributed by atoms with van der Waals surface area (Å²) in [6, 6.07) is 10.7. The molecule has 1 saturated heterocycles.